The van der Waals surface area contributed by atoms with Crippen LogP contribution in [0.2, 0.25) is 0 Å². The number of sulfonamides is 1. The van der Waals surface area contributed by atoms with Crippen molar-refractivity contribution in [2.24, 2.45) is 0 Å². The Morgan fingerprint density at radius 3 is 2.64 bits per heavy atom. The molecule has 1 aromatic heterocycles. The van der Waals surface area contributed by atoms with Crippen molar-refractivity contribution in [3.8, 4) is 11.3 Å². The zero-order chi connectivity index (χ0) is 17.9. The van der Waals surface area contributed by atoms with Crippen LogP contribution in [0.5, 0.6) is 0 Å². The van der Waals surface area contributed by atoms with Crippen LogP contribution in [0.4, 0.5) is 5.69 Å². The summed E-state index contributed by atoms with van der Waals surface area (Å²) in [5, 5.41) is 3.61. The van der Waals surface area contributed by atoms with E-state index in [1.54, 1.807) is 18.5 Å². The fraction of sp³-hybridized carbons (Fsp3) is 0.500. The van der Waals surface area contributed by atoms with Crippen LogP contribution in [0.1, 0.15) is 39.0 Å². The molecule has 0 spiro atoms. The number of hydrogen-bond acceptors (Lipinski definition) is 4. The van der Waals surface area contributed by atoms with Gasteiger partial charge in [0.25, 0.3) is 0 Å². The Kier molecular flexibility index (Phi) is 5.44. The molecular weight excluding hydrogens is 336 g/mol. The molecule has 0 radical (unpaired) electrons. The first-order chi connectivity index (χ1) is 12.0. The van der Waals surface area contributed by atoms with E-state index in [0.717, 1.165) is 36.3 Å². The lowest BCUT2D eigenvalue weighted by Gasteiger charge is -2.25. The van der Waals surface area contributed by atoms with E-state index in [4.69, 9.17) is 0 Å². The lowest BCUT2D eigenvalue weighted by atomic mass is 9.95. The molecule has 1 aliphatic carbocycles. The average Bonchev–Trinajstić information content (AvgIpc) is 3.12. The van der Waals surface area contributed by atoms with Crippen LogP contribution in [0.3, 0.4) is 0 Å². The quantitative estimate of drug-likeness (QED) is 0.827. The largest absolute Gasteiger partial charge is 0.382 e. The number of nitrogens with zero attached hydrogens (tertiary/aromatic N) is 2. The average molecular weight is 362 g/mol. The molecule has 7 heteroatoms. The number of aryl methyl sites for hydroxylation is 1. The second-order valence-corrected chi connectivity index (χ2v) is 8.37. The van der Waals surface area contributed by atoms with E-state index < -0.39 is 10.0 Å². The first-order valence-electron chi connectivity index (χ1n) is 8.90. The Labute approximate surface area is 149 Å². The number of imidazole rings is 1. The van der Waals surface area contributed by atoms with Gasteiger partial charge in [-0.3, -0.25) is 0 Å². The van der Waals surface area contributed by atoms with Crippen molar-refractivity contribution in [3.05, 3.63) is 30.7 Å². The summed E-state index contributed by atoms with van der Waals surface area (Å²) in [7, 11) is -2.06. The van der Waals surface area contributed by atoms with Crippen molar-refractivity contribution in [1.82, 2.24) is 14.3 Å². The van der Waals surface area contributed by atoms with Gasteiger partial charge in [-0.15, -0.1) is 0 Å². The lowest BCUT2D eigenvalue weighted by Crippen LogP contribution is -2.23. The van der Waals surface area contributed by atoms with Gasteiger partial charge in [-0.1, -0.05) is 19.3 Å². The van der Waals surface area contributed by atoms with Crippen LogP contribution in [-0.2, 0) is 16.6 Å². The van der Waals surface area contributed by atoms with Crippen LogP contribution < -0.4 is 10.0 Å². The number of nitrogens with one attached hydrogen (secondary N) is 2. The first kappa shape index (κ1) is 17.9. The monoisotopic (exact) mass is 362 g/mol. The Hall–Kier alpha value is -1.86. The molecule has 1 aliphatic rings. The number of anilines is 1. The third kappa shape index (κ3) is 4.04. The van der Waals surface area contributed by atoms with Gasteiger partial charge in [0.1, 0.15) is 0 Å². The maximum Gasteiger partial charge on any atom is 0.240 e. The molecule has 6 nitrogen and oxygen atoms in total. The molecular formula is C18H26N4O2S. The topological polar surface area (TPSA) is 76.0 Å². The molecule has 0 saturated heterocycles. The van der Waals surface area contributed by atoms with Crippen molar-refractivity contribution >= 4 is 15.7 Å². The van der Waals surface area contributed by atoms with Crippen LogP contribution >= 0.6 is 0 Å². The maximum atomic E-state index is 12.2. The van der Waals surface area contributed by atoms with Crippen LogP contribution in [0.25, 0.3) is 11.3 Å². The summed E-state index contributed by atoms with van der Waals surface area (Å²) >= 11 is 0. The highest BCUT2D eigenvalue weighted by Gasteiger charge is 2.19. The van der Waals surface area contributed by atoms with E-state index in [1.165, 1.54) is 26.3 Å². The minimum Gasteiger partial charge on any atom is -0.382 e. The number of rotatable bonds is 6. The van der Waals surface area contributed by atoms with E-state index in [-0.39, 0.29) is 4.90 Å². The van der Waals surface area contributed by atoms with Crippen molar-refractivity contribution in [2.75, 3.05) is 12.4 Å². The van der Waals surface area contributed by atoms with Crippen LogP contribution in [0, 0.1) is 0 Å². The second-order valence-electron chi connectivity index (χ2n) is 6.48. The molecule has 0 bridgehead atoms. The zero-order valence-electron chi connectivity index (χ0n) is 14.8. The van der Waals surface area contributed by atoms with Gasteiger partial charge < -0.3 is 9.88 Å². The molecule has 3 rings (SSSR count). The standard InChI is InChI=1S/C18H26N4O2S/c1-3-22-12-18(20-13-22)16-11-15(25(23,24)19-2)9-10-17(16)21-14-7-5-4-6-8-14/h9-14,19,21H,3-8H2,1-2H3. The third-order valence-corrected chi connectivity index (χ3v) is 6.22. The second kappa shape index (κ2) is 7.58. The molecule has 1 aromatic carbocycles. The van der Waals surface area contributed by atoms with E-state index >= 15 is 0 Å². The molecule has 136 valence electrons. The Balaban J connectivity index is 2.00. The van der Waals surface area contributed by atoms with Crippen LogP contribution in [0.15, 0.2) is 35.6 Å². The molecule has 0 aliphatic heterocycles. The highest BCUT2D eigenvalue weighted by Crippen LogP contribution is 2.32. The van der Waals surface area contributed by atoms with Gasteiger partial charge in [-0.2, -0.15) is 0 Å². The minimum absolute atomic E-state index is 0.255. The van der Waals surface area contributed by atoms with Gasteiger partial charge in [0.05, 0.1) is 16.9 Å². The van der Waals surface area contributed by atoms with E-state index in [1.807, 2.05) is 16.8 Å². The van der Waals surface area contributed by atoms with Gasteiger partial charge in [0.2, 0.25) is 10.0 Å². The van der Waals surface area contributed by atoms with E-state index in [0.29, 0.717) is 6.04 Å². The van der Waals surface area contributed by atoms with E-state index in [9.17, 15) is 8.42 Å². The fourth-order valence-corrected chi connectivity index (χ4v) is 4.04. The van der Waals surface area contributed by atoms with Gasteiger partial charge in [-0.05, 0) is 45.0 Å². The van der Waals surface area contributed by atoms with Gasteiger partial charge in [0.15, 0.2) is 0 Å². The van der Waals surface area contributed by atoms with Crippen molar-refractivity contribution in [1.29, 1.82) is 0 Å². The molecule has 25 heavy (non-hydrogen) atoms. The van der Waals surface area contributed by atoms with Crippen LogP contribution in [-0.4, -0.2) is 31.1 Å². The van der Waals surface area contributed by atoms with Crippen molar-refractivity contribution < 1.29 is 8.42 Å². The number of hydrogen-bond donors (Lipinski definition) is 2. The van der Waals surface area contributed by atoms with Crippen molar-refractivity contribution in [2.45, 2.75) is 56.5 Å². The molecule has 0 amide bonds. The lowest BCUT2D eigenvalue weighted by molar-refractivity contribution is 0.463. The van der Waals surface area contributed by atoms with Crippen molar-refractivity contribution in [3.63, 3.8) is 0 Å². The zero-order valence-corrected chi connectivity index (χ0v) is 15.6. The predicted molar refractivity (Wildman–Crippen MR) is 100 cm³/mol. The molecule has 2 aromatic rings. The van der Waals surface area contributed by atoms with Gasteiger partial charge >= 0.3 is 0 Å². The maximum absolute atomic E-state index is 12.2. The summed E-state index contributed by atoms with van der Waals surface area (Å²) in [6.45, 7) is 2.88. The molecule has 2 N–H and O–H groups in total. The van der Waals surface area contributed by atoms with Gasteiger partial charge in [-0.25, -0.2) is 18.1 Å². The Morgan fingerprint density at radius 1 is 1.24 bits per heavy atom. The molecule has 0 atom stereocenters. The Morgan fingerprint density at radius 2 is 2.00 bits per heavy atom. The molecule has 1 heterocycles. The highest BCUT2D eigenvalue weighted by molar-refractivity contribution is 7.89. The predicted octanol–water partition coefficient (Wildman–Crippen LogP) is 3.22. The summed E-state index contributed by atoms with van der Waals surface area (Å²) in [5.41, 5.74) is 2.56. The summed E-state index contributed by atoms with van der Waals surface area (Å²) in [4.78, 5) is 4.72. The SMILES string of the molecule is CCn1cnc(-c2cc(S(=O)(=O)NC)ccc2NC2CCCCC2)c1. The molecule has 1 fully saturated rings. The number of aromatic nitrogens is 2. The molecule has 0 unspecified atom stereocenters. The van der Waals surface area contributed by atoms with Gasteiger partial charge in [0, 0.05) is 30.0 Å². The third-order valence-electron chi connectivity index (χ3n) is 4.81. The van der Waals surface area contributed by atoms with E-state index in [2.05, 4.69) is 21.9 Å². The smallest absolute Gasteiger partial charge is 0.240 e. The summed E-state index contributed by atoms with van der Waals surface area (Å²) in [6, 6.07) is 5.66. The Bertz CT molecular complexity index is 823. The number of benzene rings is 1. The highest BCUT2D eigenvalue weighted by atomic mass is 32.2. The summed E-state index contributed by atoms with van der Waals surface area (Å²) in [6.07, 6.45) is 9.81. The minimum atomic E-state index is -3.49. The fourth-order valence-electron chi connectivity index (χ4n) is 3.29. The summed E-state index contributed by atoms with van der Waals surface area (Å²) < 4.78 is 28.7. The normalized spacial score (nSPS) is 16.1. The molecule has 1 saturated carbocycles. The summed E-state index contributed by atoms with van der Waals surface area (Å²) in [5.74, 6) is 0. The first-order valence-corrected chi connectivity index (χ1v) is 10.4.